The Hall–Kier alpha value is -1.93. The van der Waals surface area contributed by atoms with Gasteiger partial charge in [0, 0.05) is 26.7 Å². The smallest absolute Gasteiger partial charge is 0.332 e. The van der Waals surface area contributed by atoms with Crippen LogP contribution in [-0.4, -0.2) is 32.3 Å². The lowest BCUT2D eigenvalue weighted by Gasteiger charge is -2.10. The van der Waals surface area contributed by atoms with Crippen LogP contribution in [0.25, 0.3) is 11.2 Å². The SMILES string of the molecule is CCn1c(COC)nc2c1c(=O)n(CCCN)c(=O)n2CC. The van der Waals surface area contributed by atoms with Crippen LogP contribution < -0.4 is 17.0 Å². The maximum atomic E-state index is 12.7. The molecule has 122 valence electrons. The van der Waals surface area contributed by atoms with Crippen LogP contribution >= 0.6 is 0 Å². The van der Waals surface area contributed by atoms with Crippen molar-refractivity contribution < 1.29 is 4.74 Å². The monoisotopic (exact) mass is 309 g/mol. The highest BCUT2D eigenvalue weighted by atomic mass is 16.5. The summed E-state index contributed by atoms with van der Waals surface area (Å²) >= 11 is 0. The summed E-state index contributed by atoms with van der Waals surface area (Å²) in [5, 5.41) is 0. The van der Waals surface area contributed by atoms with Crippen molar-refractivity contribution in [1.82, 2.24) is 18.7 Å². The predicted octanol–water partition coefficient (Wildman–Crippen LogP) is -0.105. The van der Waals surface area contributed by atoms with Crippen molar-refractivity contribution in [3.63, 3.8) is 0 Å². The zero-order valence-electron chi connectivity index (χ0n) is 13.3. The molecule has 2 aromatic rings. The van der Waals surface area contributed by atoms with E-state index in [4.69, 9.17) is 10.5 Å². The third kappa shape index (κ3) is 2.59. The van der Waals surface area contributed by atoms with Crippen LogP contribution in [0.5, 0.6) is 0 Å². The largest absolute Gasteiger partial charge is 0.377 e. The van der Waals surface area contributed by atoms with Gasteiger partial charge in [0.1, 0.15) is 12.4 Å². The van der Waals surface area contributed by atoms with Gasteiger partial charge in [-0.25, -0.2) is 9.78 Å². The Labute approximate surface area is 128 Å². The molecule has 0 atom stereocenters. The Morgan fingerprint density at radius 3 is 2.36 bits per heavy atom. The summed E-state index contributed by atoms with van der Waals surface area (Å²) in [7, 11) is 1.58. The first-order chi connectivity index (χ1) is 10.6. The summed E-state index contributed by atoms with van der Waals surface area (Å²) in [5.41, 5.74) is 5.73. The number of ether oxygens (including phenoxy) is 1. The number of hydrogen-bond donors (Lipinski definition) is 1. The Bertz CT molecular complexity index is 771. The van der Waals surface area contributed by atoms with Crippen molar-refractivity contribution in [2.24, 2.45) is 5.73 Å². The van der Waals surface area contributed by atoms with Gasteiger partial charge in [0.15, 0.2) is 11.2 Å². The first-order valence-corrected chi connectivity index (χ1v) is 7.52. The predicted molar refractivity (Wildman–Crippen MR) is 84.0 cm³/mol. The number of imidazole rings is 1. The molecule has 0 amide bonds. The van der Waals surface area contributed by atoms with Crippen molar-refractivity contribution in [1.29, 1.82) is 0 Å². The molecule has 0 aromatic carbocycles. The molecule has 0 aliphatic carbocycles. The number of hydrogen-bond acceptors (Lipinski definition) is 5. The number of rotatable bonds is 7. The lowest BCUT2D eigenvalue weighted by Crippen LogP contribution is -2.40. The Morgan fingerprint density at radius 1 is 1.14 bits per heavy atom. The number of nitrogens with two attached hydrogens (primary N) is 1. The Morgan fingerprint density at radius 2 is 1.82 bits per heavy atom. The van der Waals surface area contributed by atoms with E-state index in [0.717, 1.165) is 0 Å². The van der Waals surface area contributed by atoms with Gasteiger partial charge in [-0.15, -0.1) is 0 Å². The van der Waals surface area contributed by atoms with E-state index in [1.807, 2.05) is 18.4 Å². The van der Waals surface area contributed by atoms with E-state index in [-0.39, 0.29) is 11.2 Å². The Kier molecular flexibility index (Phi) is 5.15. The maximum absolute atomic E-state index is 12.7. The molecule has 2 N–H and O–H groups in total. The van der Waals surface area contributed by atoms with Crippen LogP contribution in [0.2, 0.25) is 0 Å². The maximum Gasteiger partial charge on any atom is 0.332 e. The molecule has 8 nitrogen and oxygen atoms in total. The molecule has 0 aliphatic heterocycles. The molecule has 0 unspecified atom stereocenters. The minimum atomic E-state index is -0.335. The fourth-order valence-electron chi connectivity index (χ4n) is 2.65. The minimum Gasteiger partial charge on any atom is -0.377 e. The van der Waals surface area contributed by atoms with E-state index < -0.39 is 0 Å². The number of methoxy groups -OCH3 is 1. The average Bonchev–Trinajstić information content (AvgIpc) is 2.86. The molecule has 0 saturated carbocycles. The van der Waals surface area contributed by atoms with E-state index in [9.17, 15) is 9.59 Å². The third-order valence-corrected chi connectivity index (χ3v) is 3.69. The molecular formula is C14H23N5O3. The normalized spacial score (nSPS) is 11.5. The summed E-state index contributed by atoms with van der Waals surface area (Å²) in [6.45, 7) is 5.87. The van der Waals surface area contributed by atoms with Gasteiger partial charge in [-0.1, -0.05) is 0 Å². The summed E-state index contributed by atoms with van der Waals surface area (Å²) in [5.74, 6) is 0.648. The summed E-state index contributed by atoms with van der Waals surface area (Å²) < 4.78 is 9.73. The Balaban J connectivity index is 2.84. The molecule has 0 fully saturated rings. The zero-order chi connectivity index (χ0) is 16.3. The van der Waals surface area contributed by atoms with Gasteiger partial charge in [0.2, 0.25) is 0 Å². The van der Waals surface area contributed by atoms with Crippen LogP contribution in [0.15, 0.2) is 9.59 Å². The molecule has 8 heteroatoms. The van der Waals surface area contributed by atoms with Crippen molar-refractivity contribution in [2.45, 2.75) is 46.5 Å². The number of nitrogens with zero attached hydrogens (tertiary/aromatic N) is 4. The highest BCUT2D eigenvalue weighted by Gasteiger charge is 2.19. The van der Waals surface area contributed by atoms with Gasteiger partial charge in [0.05, 0.1) is 0 Å². The van der Waals surface area contributed by atoms with E-state index in [1.165, 1.54) is 9.13 Å². The van der Waals surface area contributed by atoms with E-state index in [1.54, 1.807) is 7.11 Å². The second-order valence-electron chi connectivity index (χ2n) is 5.00. The number of aromatic nitrogens is 4. The molecule has 0 aliphatic rings. The van der Waals surface area contributed by atoms with Crippen LogP contribution in [0.3, 0.4) is 0 Å². The molecule has 2 heterocycles. The van der Waals surface area contributed by atoms with Crippen LogP contribution in [0.1, 0.15) is 26.1 Å². The number of fused-ring (bicyclic) bond motifs is 1. The van der Waals surface area contributed by atoms with Crippen molar-refractivity contribution in [3.8, 4) is 0 Å². The minimum absolute atomic E-state index is 0.294. The van der Waals surface area contributed by atoms with Crippen molar-refractivity contribution >= 4 is 11.2 Å². The quantitative estimate of drug-likeness (QED) is 0.770. The lowest BCUT2D eigenvalue weighted by molar-refractivity contribution is 0.175. The molecule has 0 bridgehead atoms. The van der Waals surface area contributed by atoms with E-state index >= 15 is 0 Å². The van der Waals surface area contributed by atoms with E-state index in [0.29, 0.717) is 56.2 Å². The average molecular weight is 309 g/mol. The molecule has 0 spiro atoms. The molecule has 22 heavy (non-hydrogen) atoms. The summed E-state index contributed by atoms with van der Waals surface area (Å²) in [6, 6.07) is 0. The highest BCUT2D eigenvalue weighted by molar-refractivity contribution is 5.71. The molecule has 0 saturated heterocycles. The van der Waals surface area contributed by atoms with Gasteiger partial charge in [-0.2, -0.15) is 0 Å². The second kappa shape index (κ2) is 6.89. The van der Waals surface area contributed by atoms with Gasteiger partial charge < -0.3 is 15.0 Å². The first kappa shape index (κ1) is 16.4. The summed E-state index contributed by atoms with van der Waals surface area (Å²) in [6.07, 6.45) is 0.579. The number of aryl methyl sites for hydroxylation is 2. The van der Waals surface area contributed by atoms with Crippen molar-refractivity contribution in [2.75, 3.05) is 13.7 Å². The lowest BCUT2D eigenvalue weighted by atomic mass is 10.4. The standard InChI is InChI=1S/C14H23N5O3/c1-4-17-10(9-22-3)16-12-11(17)13(20)19(8-6-7-15)14(21)18(12)5-2/h4-9,15H2,1-3H3. The van der Waals surface area contributed by atoms with E-state index in [2.05, 4.69) is 4.98 Å². The molecule has 2 rings (SSSR count). The van der Waals surface area contributed by atoms with Gasteiger partial charge >= 0.3 is 5.69 Å². The topological polar surface area (TPSA) is 97.1 Å². The first-order valence-electron chi connectivity index (χ1n) is 7.52. The fraction of sp³-hybridized carbons (Fsp3) is 0.643. The third-order valence-electron chi connectivity index (χ3n) is 3.69. The van der Waals surface area contributed by atoms with Crippen LogP contribution in [0, 0.1) is 0 Å². The zero-order valence-corrected chi connectivity index (χ0v) is 13.3. The molecule has 2 aromatic heterocycles. The highest BCUT2D eigenvalue weighted by Crippen LogP contribution is 2.12. The van der Waals surface area contributed by atoms with Gasteiger partial charge in [0.25, 0.3) is 5.56 Å². The fourth-order valence-corrected chi connectivity index (χ4v) is 2.65. The van der Waals surface area contributed by atoms with Crippen molar-refractivity contribution in [3.05, 3.63) is 26.7 Å². The van der Waals surface area contributed by atoms with Gasteiger partial charge in [-0.3, -0.25) is 13.9 Å². The van der Waals surface area contributed by atoms with Crippen LogP contribution in [0.4, 0.5) is 0 Å². The summed E-state index contributed by atoms with van der Waals surface area (Å²) in [4.78, 5) is 29.7. The second-order valence-corrected chi connectivity index (χ2v) is 5.00. The molecular weight excluding hydrogens is 286 g/mol. The van der Waals surface area contributed by atoms with Gasteiger partial charge in [-0.05, 0) is 26.8 Å². The van der Waals surface area contributed by atoms with Crippen LogP contribution in [-0.2, 0) is 31.0 Å². The molecule has 0 radical (unpaired) electrons.